The molecule has 0 saturated carbocycles. The molecule has 2 aromatic carbocycles. The van der Waals surface area contributed by atoms with Gasteiger partial charge in [0, 0.05) is 19.4 Å². The molecule has 0 bridgehead atoms. The summed E-state index contributed by atoms with van der Waals surface area (Å²) in [5.41, 5.74) is 2.66. The second kappa shape index (κ2) is 10.3. The molecule has 170 valence electrons. The van der Waals surface area contributed by atoms with E-state index in [0.717, 1.165) is 11.1 Å². The van der Waals surface area contributed by atoms with Crippen molar-refractivity contribution < 1.29 is 23.5 Å². The molecule has 9 heteroatoms. The van der Waals surface area contributed by atoms with E-state index in [-0.39, 0.29) is 5.89 Å². The lowest BCUT2D eigenvalue weighted by Crippen LogP contribution is -2.24. The van der Waals surface area contributed by atoms with Gasteiger partial charge in [-0.15, -0.1) is 10.2 Å². The van der Waals surface area contributed by atoms with Crippen LogP contribution in [0, 0.1) is 13.5 Å². The summed E-state index contributed by atoms with van der Waals surface area (Å²) in [5.74, 6) is -0.298. The number of rotatable bonds is 7. The van der Waals surface area contributed by atoms with Crippen LogP contribution in [-0.4, -0.2) is 28.2 Å². The zero-order valence-corrected chi connectivity index (χ0v) is 19.3. The van der Waals surface area contributed by atoms with E-state index >= 15 is 0 Å². The Hall–Kier alpha value is -3.70. The van der Waals surface area contributed by atoms with E-state index in [4.69, 9.17) is 32.1 Å². The van der Waals surface area contributed by atoms with Crippen LogP contribution >= 0.6 is 11.6 Å². The lowest BCUT2D eigenvalue weighted by Gasteiger charge is -2.22. The van der Waals surface area contributed by atoms with Crippen LogP contribution in [0.25, 0.3) is 16.3 Å². The van der Waals surface area contributed by atoms with Crippen LogP contribution < -0.4 is 4.74 Å². The van der Waals surface area contributed by atoms with Crippen molar-refractivity contribution in [1.82, 2.24) is 10.2 Å². The van der Waals surface area contributed by atoms with Gasteiger partial charge in [0.05, 0.1) is 17.5 Å². The number of nitrogens with zero attached hydrogens (tertiary/aromatic N) is 3. The monoisotopic (exact) mass is 467 g/mol. The molecule has 2 atom stereocenters. The van der Waals surface area contributed by atoms with Crippen LogP contribution in [0.1, 0.15) is 43.7 Å². The number of carbonyl (C=O) groups is 2. The summed E-state index contributed by atoms with van der Waals surface area (Å²) in [6.45, 7) is 13.5. The predicted octanol–water partition coefficient (Wildman–Crippen LogP) is 5.45. The van der Waals surface area contributed by atoms with Crippen molar-refractivity contribution in [1.29, 1.82) is 0 Å². The summed E-state index contributed by atoms with van der Waals surface area (Å²) in [7, 11) is 0. The highest BCUT2D eigenvalue weighted by Crippen LogP contribution is 2.35. The van der Waals surface area contributed by atoms with Crippen molar-refractivity contribution in [2.75, 3.05) is 0 Å². The third kappa shape index (κ3) is 5.76. The molecule has 3 rings (SSSR count). The van der Waals surface area contributed by atoms with Crippen LogP contribution in [0.2, 0.25) is 5.02 Å². The quantitative estimate of drug-likeness (QED) is 0.259. The summed E-state index contributed by atoms with van der Waals surface area (Å²) in [4.78, 5) is 26.1. The summed E-state index contributed by atoms with van der Waals surface area (Å²) in [6.07, 6.45) is -0.147. The van der Waals surface area contributed by atoms with Gasteiger partial charge in [-0.05, 0) is 55.7 Å². The van der Waals surface area contributed by atoms with Gasteiger partial charge in [-0.3, -0.25) is 9.59 Å². The molecule has 0 aliphatic rings. The molecule has 8 nitrogen and oxygen atoms in total. The van der Waals surface area contributed by atoms with Crippen LogP contribution in [0.5, 0.6) is 5.75 Å². The molecule has 0 aliphatic heterocycles. The minimum Gasteiger partial charge on any atom is -0.462 e. The zero-order chi connectivity index (χ0) is 24.1. The van der Waals surface area contributed by atoms with Crippen LogP contribution in [-0.2, 0) is 20.7 Å². The lowest BCUT2D eigenvalue weighted by atomic mass is 9.92. The highest BCUT2D eigenvalue weighted by atomic mass is 35.5. The van der Waals surface area contributed by atoms with E-state index < -0.39 is 24.0 Å². The number of benzene rings is 2. The maximum absolute atomic E-state index is 11.6. The Kier molecular flexibility index (Phi) is 7.46. The fourth-order valence-corrected chi connectivity index (χ4v) is 3.61. The Balaban J connectivity index is 1.92. The lowest BCUT2D eigenvalue weighted by molar-refractivity contribution is -0.146. The van der Waals surface area contributed by atoms with Crippen LogP contribution in [0.4, 0.5) is 5.69 Å². The first-order chi connectivity index (χ1) is 15.7. The predicted molar refractivity (Wildman–Crippen MR) is 121 cm³/mol. The molecule has 0 radical (unpaired) electrons. The van der Waals surface area contributed by atoms with E-state index in [2.05, 4.69) is 15.0 Å². The topological polar surface area (TPSA) is 95.9 Å². The number of hydrogen-bond acceptors (Lipinski definition) is 7. The molecule has 3 aromatic rings. The second-order valence-corrected chi connectivity index (χ2v) is 7.86. The normalized spacial score (nSPS) is 12.5. The second-order valence-electron chi connectivity index (χ2n) is 7.48. The number of aromatic nitrogens is 2. The molecule has 0 unspecified atom stereocenters. The highest BCUT2D eigenvalue weighted by Gasteiger charge is 2.29. The van der Waals surface area contributed by atoms with E-state index in [9.17, 15) is 9.59 Å². The van der Waals surface area contributed by atoms with E-state index in [0.29, 0.717) is 34.3 Å². The third-order valence-corrected chi connectivity index (χ3v) is 5.55. The number of esters is 2. The van der Waals surface area contributed by atoms with Gasteiger partial charge in [-0.25, -0.2) is 4.85 Å². The maximum Gasteiger partial charge on any atom is 0.308 e. The smallest absolute Gasteiger partial charge is 0.308 e. The van der Waals surface area contributed by atoms with Gasteiger partial charge in [0.25, 0.3) is 0 Å². The van der Waals surface area contributed by atoms with Crippen molar-refractivity contribution in [2.45, 2.75) is 46.1 Å². The first kappa shape index (κ1) is 24.0. The molecule has 33 heavy (non-hydrogen) atoms. The Morgan fingerprint density at radius 2 is 1.82 bits per heavy atom. The number of ether oxygens (including phenoxy) is 2. The highest BCUT2D eigenvalue weighted by molar-refractivity contribution is 6.34. The molecule has 0 amide bonds. The Bertz CT molecular complexity index is 1210. The van der Waals surface area contributed by atoms with Gasteiger partial charge >= 0.3 is 11.9 Å². The van der Waals surface area contributed by atoms with E-state index in [1.165, 1.54) is 13.8 Å². The Labute approximate surface area is 196 Å². The maximum atomic E-state index is 11.6. The van der Waals surface area contributed by atoms with Gasteiger partial charge in [-0.2, -0.15) is 0 Å². The average molecular weight is 468 g/mol. The molecule has 0 saturated heterocycles. The van der Waals surface area contributed by atoms with Crippen molar-refractivity contribution in [3.05, 3.63) is 69.9 Å². The molecule has 1 heterocycles. The van der Waals surface area contributed by atoms with Crippen LogP contribution in [0.15, 0.2) is 40.8 Å². The molecular formula is C24H22ClN3O5. The van der Waals surface area contributed by atoms with Gasteiger partial charge in [0.1, 0.15) is 11.9 Å². The minimum atomic E-state index is -0.555. The van der Waals surface area contributed by atoms with E-state index in [1.807, 2.05) is 13.0 Å². The summed E-state index contributed by atoms with van der Waals surface area (Å²) >= 11 is 6.34. The van der Waals surface area contributed by atoms with Gasteiger partial charge in [0.2, 0.25) is 17.5 Å². The molecule has 0 aliphatic carbocycles. The minimum absolute atomic E-state index is 0.275. The van der Waals surface area contributed by atoms with Gasteiger partial charge in [0.15, 0.2) is 0 Å². The van der Waals surface area contributed by atoms with Crippen molar-refractivity contribution in [2.24, 2.45) is 0 Å². The van der Waals surface area contributed by atoms with Crippen molar-refractivity contribution in [3.8, 4) is 17.2 Å². The van der Waals surface area contributed by atoms with Crippen molar-refractivity contribution >= 4 is 29.2 Å². The van der Waals surface area contributed by atoms with Crippen LogP contribution in [0.3, 0.4) is 0 Å². The largest absolute Gasteiger partial charge is 0.462 e. The van der Waals surface area contributed by atoms with Gasteiger partial charge in [-0.1, -0.05) is 23.7 Å². The first-order valence-corrected chi connectivity index (χ1v) is 10.5. The Morgan fingerprint density at radius 3 is 2.42 bits per heavy atom. The fraction of sp³-hybridized carbons (Fsp3) is 0.292. The molecule has 0 N–H and O–H groups in total. The number of carbonyl (C=O) groups excluding carboxylic acids is 2. The first-order valence-electron chi connectivity index (χ1n) is 10.1. The Morgan fingerprint density at radius 1 is 1.12 bits per heavy atom. The zero-order valence-electron chi connectivity index (χ0n) is 18.6. The average Bonchev–Trinajstić information content (AvgIpc) is 3.24. The summed E-state index contributed by atoms with van der Waals surface area (Å²) in [6, 6.07) is 10.1. The number of hydrogen-bond donors (Lipinski definition) is 0. The van der Waals surface area contributed by atoms with Crippen molar-refractivity contribution in [3.63, 3.8) is 0 Å². The summed E-state index contributed by atoms with van der Waals surface area (Å²) < 4.78 is 16.4. The molecule has 0 fully saturated rings. The third-order valence-electron chi connectivity index (χ3n) is 5.08. The number of halogens is 1. The fourth-order valence-electron chi connectivity index (χ4n) is 3.39. The standard InChI is InChI=1S/C24H22ClN3O5/c1-13-18(8-11-21(26-5)22(13)25)12-20(14(2)31-15(3)29)24-28-27-23(33-24)17-6-9-19(10-7-17)32-16(4)30/h6-11,14,20H,12H2,1-4H3/t14-,20+/m0/s1. The van der Waals surface area contributed by atoms with Gasteiger partial charge < -0.3 is 13.9 Å². The van der Waals surface area contributed by atoms with E-state index in [1.54, 1.807) is 37.3 Å². The summed E-state index contributed by atoms with van der Waals surface area (Å²) in [5, 5.41) is 8.73. The molecule has 0 spiro atoms. The molecular weight excluding hydrogens is 446 g/mol. The molecule has 1 aromatic heterocycles. The SMILES string of the molecule is [C-]#[N+]c1ccc(C[C@@H](c2nnc(-c3ccc(OC(C)=O)cc3)o2)[C@H](C)OC(C)=O)c(C)c1Cl.